The standard InChI is InChI=1S/C14H18N2O/c1-15-14(17)9-7-13(8-10-14)16-11-12-5-3-2-4-6-12/h2-6,13,16-17H,7-11H2. The Hall–Kier alpha value is -1.37. The van der Waals surface area contributed by atoms with E-state index in [1.54, 1.807) is 0 Å². The average molecular weight is 230 g/mol. The molecule has 90 valence electrons. The van der Waals surface area contributed by atoms with E-state index in [9.17, 15) is 5.11 Å². The van der Waals surface area contributed by atoms with E-state index < -0.39 is 5.72 Å². The monoisotopic (exact) mass is 230 g/mol. The van der Waals surface area contributed by atoms with E-state index in [0.717, 1.165) is 19.4 Å². The van der Waals surface area contributed by atoms with Crippen molar-refractivity contribution in [2.24, 2.45) is 0 Å². The lowest BCUT2D eigenvalue weighted by molar-refractivity contribution is 0.0391. The molecule has 0 spiro atoms. The lowest BCUT2D eigenvalue weighted by atomic mass is 9.88. The van der Waals surface area contributed by atoms with E-state index in [4.69, 9.17) is 6.57 Å². The Morgan fingerprint density at radius 3 is 2.53 bits per heavy atom. The van der Waals surface area contributed by atoms with Crippen molar-refractivity contribution in [3.8, 4) is 0 Å². The molecule has 1 aromatic rings. The molecule has 3 heteroatoms. The molecule has 0 unspecified atom stereocenters. The molecule has 0 aromatic heterocycles. The summed E-state index contributed by atoms with van der Waals surface area (Å²) in [5.41, 5.74) is 0.184. The van der Waals surface area contributed by atoms with Crippen molar-refractivity contribution in [1.82, 2.24) is 5.32 Å². The number of nitrogens with one attached hydrogen (secondary N) is 1. The molecule has 1 aliphatic carbocycles. The van der Waals surface area contributed by atoms with Gasteiger partial charge in [0.15, 0.2) is 0 Å². The second-order valence-electron chi connectivity index (χ2n) is 4.74. The van der Waals surface area contributed by atoms with Crippen LogP contribution in [0.25, 0.3) is 4.85 Å². The molecular formula is C14H18N2O. The van der Waals surface area contributed by atoms with Crippen molar-refractivity contribution in [2.45, 2.75) is 44.0 Å². The maximum atomic E-state index is 9.80. The molecule has 3 nitrogen and oxygen atoms in total. The van der Waals surface area contributed by atoms with E-state index >= 15 is 0 Å². The summed E-state index contributed by atoms with van der Waals surface area (Å²) in [6.07, 6.45) is 2.93. The highest BCUT2D eigenvalue weighted by Crippen LogP contribution is 2.29. The fourth-order valence-corrected chi connectivity index (χ4v) is 2.25. The quantitative estimate of drug-likeness (QED) is 0.782. The minimum Gasteiger partial charge on any atom is -0.324 e. The summed E-state index contributed by atoms with van der Waals surface area (Å²) in [5.74, 6) is 0. The fraction of sp³-hybridized carbons (Fsp3) is 0.500. The smallest absolute Gasteiger partial charge is 0.324 e. The van der Waals surface area contributed by atoms with E-state index in [2.05, 4.69) is 22.3 Å². The van der Waals surface area contributed by atoms with Gasteiger partial charge in [-0.2, -0.15) is 0 Å². The molecule has 1 aromatic carbocycles. The van der Waals surface area contributed by atoms with Gasteiger partial charge in [0, 0.05) is 12.6 Å². The zero-order chi connectivity index (χ0) is 12.1. The molecule has 0 radical (unpaired) electrons. The number of benzene rings is 1. The number of hydrogen-bond acceptors (Lipinski definition) is 2. The molecule has 1 aliphatic rings. The van der Waals surface area contributed by atoms with Gasteiger partial charge in [-0.3, -0.25) is 4.85 Å². The minimum atomic E-state index is -1.09. The molecule has 17 heavy (non-hydrogen) atoms. The van der Waals surface area contributed by atoms with E-state index in [1.807, 2.05) is 18.2 Å². The van der Waals surface area contributed by atoms with Gasteiger partial charge in [-0.15, -0.1) is 0 Å². The SMILES string of the molecule is [C-]#[N+]C1(O)CCC(NCc2ccccc2)CC1. The summed E-state index contributed by atoms with van der Waals surface area (Å²) >= 11 is 0. The summed E-state index contributed by atoms with van der Waals surface area (Å²) in [5, 5.41) is 13.3. The Morgan fingerprint density at radius 2 is 1.94 bits per heavy atom. The second kappa shape index (κ2) is 5.31. The van der Waals surface area contributed by atoms with Crippen molar-refractivity contribution in [1.29, 1.82) is 0 Å². The van der Waals surface area contributed by atoms with Crippen LogP contribution in [0, 0.1) is 6.57 Å². The molecule has 1 fully saturated rings. The van der Waals surface area contributed by atoms with Gasteiger partial charge in [-0.1, -0.05) is 30.3 Å². The average Bonchev–Trinajstić information content (AvgIpc) is 2.39. The minimum absolute atomic E-state index is 0.428. The van der Waals surface area contributed by atoms with Gasteiger partial charge >= 0.3 is 5.72 Å². The maximum Gasteiger partial charge on any atom is 0.334 e. The van der Waals surface area contributed by atoms with Crippen LogP contribution in [-0.2, 0) is 6.54 Å². The highest BCUT2D eigenvalue weighted by molar-refractivity contribution is 5.14. The van der Waals surface area contributed by atoms with Crippen molar-refractivity contribution >= 4 is 0 Å². The molecular weight excluding hydrogens is 212 g/mol. The van der Waals surface area contributed by atoms with Gasteiger partial charge in [-0.05, 0) is 18.4 Å². The zero-order valence-electron chi connectivity index (χ0n) is 9.89. The molecule has 0 heterocycles. The third-order valence-corrected chi connectivity index (χ3v) is 3.43. The van der Waals surface area contributed by atoms with Gasteiger partial charge in [0.2, 0.25) is 0 Å². The predicted molar refractivity (Wildman–Crippen MR) is 67.1 cm³/mol. The number of hydrogen-bond donors (Lipinski definition) is 2. The first-order chi connectivity index (χ1) is 8.22. The molecule has 0 aliphatic heterocycles. The van der Waals surface area contributed by atoms with Crippen LogP contribution in [0.1, 0.15) is 31.2 Å². The number of rotatable bonds is 3. The molecule has 2 N–H and O–H groups in total. The Kier molecular flexibility index (Phi) is 3.78. The van der Waals surface area contributed by atoms with Crippen molar-refractivity contribution in [3.05, 3.63) is 47.3 Å². The first kappa shape index (κ1) is 12.1. The van der Waals surface area contributed by atoms with Crippen molar-refractivity contribution < 1.29 is 5.11 Å². The molecule has 0 bridgehead atoms. The first-order valence-corrected chi connectivity index (χ1v) is 6.10. The lowest BCUT2D eigenvalue weighted by Gasteiger charge is -2.28. The molecule has 0 atom stereocenters. The van der Waals surface area contributed by atoms with Crippen molar-refractivity contribution in [3.63, 3.8) is 0 Å². The van der Waals surface area contributed by atoms with E-state index in [1.165, 1.54) is 5.56 Å². The normalized spacial score (nSPS) is 28.6. The van der Waals surface area contributed by atoms with Crippen LogP contribution in [0.5, 0.6) is 0 Å². The summed E-state index contributed by atoms with van der Waals surface area (Å²) in [6.45, 7) is 7.81. The number of nitrogens with zero attached hydrogens (tertiary/aromatic N) is 1. The van der Waals surface area contributed by atoms with Gasteiger partial charge in [0.1, 0.15) is 0 Å². The van der Waals surface area contributed by atoms with Gasteiger partial charge in [-0.25, -0.2) is 6.57 Å². The van der Waals surface area contributed by atoms with Gasteiger partial charge in [0.25, 0.3) is 0 Å². The third kappa shape index (κ3) is 3.29. The predicted octanol–water partition coefficient (Wildman–Crippen LogP) is 2.33. The van der Waals surface area contributed by atoms with Gasteiger partial charge < -0.3 is 10.4 Å². The van der Waals surface area contributed by atoms with Crippen LogP contribution in [0.4, 0.5) is 0 Å². The Balaban J connectivity index is 1.78. The van der Waals surface area contributed by atoms with Crippen molar-refractivity contribution in [2.75, 3.05) is 0 Å². The summed E-state index contributed by atoms with van der Waals surface area (Å²) in [4.78, 5) is 3.31. The Labute approximate surface area is 102 Å². The second-order valence-corrected chi connectivity index (χ2v) is 4.74. The molecule has 0 saturated heterocycles. The summed E-state index contributed by atoms with van der Waals surface area (Å²) < 4.78 is 0. The fourth-order valence-electron chi connectivity index (χ4n) is 2.25. The maximum absolute atomic E-state index is 9.80. The number of aliphatic hydroxyl groups is 1. The lowest BCUT2D eigenvalue weighted by Crippen LogP contribution is -2.39. The van der Waals surface area contributed by atoms with Crippen LogP contribution >= 0.6 is 0 Å². The molecule has 2 rings (SSSR count). The zero-order valence-corrected chi connectivity index (χ0v) is 9.89. The summed E-state index contributed by atoms with van der Waals surface area (Å²) in [7, 11) is 0. The Morgan fingerprint density at radius 1 is 1.29 bits per heavy atom. The van der Waals surface area contributed by atoms with Crippen LogP contribution in [0.2, 0.25) is 0 Å². The molecule has 1 saturated carbocycles. The largest absolute Gasteiger partial charge is 0.334 e. The Bertz CT molecular complexity index is 388. The van der Waals surface area contributed by atoms with Crippen LogP contribution in [0.15, 0.2) is 30.3 Å². The highest BCUT2D eigenvalue weighted by Gasteiger charge is 2.38. The van der Waals surface area contributed by atoms with Crippen LogP contribution in [-0.4, -0.2) is 16.9 Å². The molecule has 0 amide bonds. The highest BCUT2D eigenvalue weighted by atomic mass is 16.3. The van der Waals surface area contributed by atoms with Crippen LogP contribution < -0.4 is 5.32 Å². The topological polar surface area (TPSA) is 36.6 Å². The van der Waals surface area contributed by atoms with E-state index in [-0.39, 0.29) is 0 Å². The van der Waals surface area contributed by atoms with E-state index in [0.29, 0.717) is 18.9 Å². The van der Waals surface area contributed by atoms with Gasteiger partial charge in [0.05, 0.1) is 12.8 Å². The summed E-state index contributed by atoms with van der Waals surface area (Å²) in [6, 6.07) is 10.7. The third-order valence-electron chi connectivity index (χ3n) is 3.43. The first-order valence-electron chi connectivity index (χ1n) is 6.10. The van der Waals surface area contributed by atoms with Crippen LogP contribution in [0.3, 0.4) is 0 Å².